The van der Waals surface area contributed by atoms with Crippen molar-refractivity contribution in [3.8, 4) is 11.5 Å². The molecule has 204 valence electrons. The third-order valence-corrected chi connectivity index (χ3v) is 7.32. The summed E-state index contributed by atoms with van der Waals surface area (Å²) in [6.45, 7) is 8.66. The summed E-state index contributed by atoms with van der Waals surface area (Å²) in [5, 5.41) is 15.4. The van der Waals surface area contributed by atoms with Crippen LogP contribution in [0.25, 0.3) is 22.4 Å². The number of H-pyrrole nitrogens is 1. The highest BCUT2D eigenvalue weighted by atomic mass is 35.5. The fourth-order valence-electron chi connectivity index (χ4n) is 4.83. The topological polar surface area (TPSA) is 125 Å². The van der Waals surface area contributed by atoms with Gasteiger partial charge in [0.2, 0.25) is 0 Å². The molecule has 11 nitrogen and oxygen atoms in total. The Hall–Kier alpha value is -3.83. The van der Waals surface area contributed by atoms with Crippen LogP contribution in [-0.2, 0) is 13.1 Å². The molecule has 1 saturated heterocycles. The van der Waals surface area contributed by atoms with Gasteiger partial charge in [0.15, 0.2) is 5.82 Å². The summed E-state index contributed by atoms with van der Waals surface area (Å²) in [6, 6.07) is 6.74. The number of nitrogens with zero attached hydrogens (tertiary/aromatic N) is 7. The van der Waals surface area contributed by atoms with Gasteiger partial charge in [-0.2, -0.15) is 10.2 Å². The fraction of sp³-hybridized carbons (Fsp3) is 0.407. The minimum absolute atomic E-state index is 0.208. The Morgan fingerprint density at radius 2 is 1.97 bits per heavy atom. The van der Waals surface area contributed by atoms with Gasteiger partial charge in [-0.3, -0.25) is 19.4 Å². The van der Waals surface area contributed by atoms with E-state index in [2.05, 4.69) is 35.5 Å². The van der Waals surface area contributed by atoms with Gasteiger partial charge in [-0.1, -0.05) is 11.6 Å². The molecule has 39 heavy (non-hydrogen) atoms. The first-order chi connectivity index (χ1) is 18.8. The molecule has 0 bridgehead atoms. The summed E-state index contributed by atoms with van der Waals surface area (Å²) in [7, 11) is 1.72. The lowest BCUT2D eigenvalue weighted by Crippen LogP contribution is -2.33. The number of hydrogen-bond donors (Lipinski definition) is 2. The van der Waals surface area contributed by atoms with Crippen molar-refractivity contribution in [3.05, 3.63) is 58.1 Å². The van der Waals surface area contributed by atoms with Crippen LogP contribution in [0.15, 0.2) is 30.5 Å². The van der Waals surface area contributed by atoms with Crippen LogP contribution < -0.4 is 5.32 Å². The Morgan fingerprint density at radius 3 is 2.72 bits per heavy atom. The lowest BCUT2D eigenvalue weighted by molar-refractivity contribution is 0.0781. The number of amides is 2. The minimum atomic E-state index is -0.287. The van der Waals surface area contributed by atoms with E-state index < -0.39 is 0 Å². The second-order valence-corrected chi connectivity index (χ2v) is 10.2. The molecular formula is C27H32ClN9O2. The van der Waals surface area contributed by atoms with Gasteiger partial charge in [-0.15, -0.1) is 0 Å². The highest BCUT2D eigenvalue weighted by molar-refractivity contribution is 6.31. The number of aryl methyl sites for hydroxylation is 1. The quantitative estimate of drug-likeness (QED) is 0.328. The van der Waals surface area contributed by atoms with Crippen molar-refractivity contribution < 1.29 is 9.59 Å². The molecule has 2 amide bonds. The maximum atomic E-state index is 13.7. The van der Waals surface area contributed by atoms with Crippen molar-refractivity contribution >= 4 is 34.3 Å². The van der Waals surface area contributed by atoms with Crippen LogP contribution in [0.1, 0.15) is 52.0 Å². The zero-order valence-electron chi connectivity index (χ0n) is 22.4. The molecule has 12 heteroatoms. The SMILES string of the molecule is CCn1ncc(CN(C)C(=O)c2nc(-c3cc(C(=O)NCCN4CCCC4)[nH]n3)nc3ccc(Cl)cc23)c1C. The number of aromatic nitrogens is 6. The van der Waals surface area contributed by atoms with Crippen LogP contribution in [0.2, 0.25) is 5.02 Å². The average molecular weight is 550 g/mol. The molecule has 4 heterocycles. The van der Waals surface area contributed by atoms with Gasteiger partial charge in [-0.25, -0.2) is 9.97 Å². The van der Waals surface area contributed by atoms with Gasteiger partial charge in [0.25, 0.3) is 11.8 Å². The first-order valence-corrected chi connectivity index (χ1v) is 13.5. The van der Waals surface area contributed by atoms with E-state index in [0.29, 0.717) is 40.4 Å². The Balaban J connectivity index is 1.39. The maximum absolute atomic E-state index is 13.7. The molecule has 1 fully saturated rings. The molecule has 1 aliphatic heterocycles. The van der Waals surface area contributed by atoms with E-state index in [1.54, 1.807) is 42.4 Å². The number of hydrogen-bond acceptors (Lipinski definition) is 7. The van der Waals surface area contributed by atoms with E-state index in [9.17, 15) is 9.59 Å². The van der Waals surface area contributed by atoms with Crippen LogP contribution in [0, 0.1) is 6.92 Å². The minimum Gasteiger partial charge on any atom is -0.349 e. The predicted octanol–water partition coefficient (Wildman–Crippen LogP) is 3.30. The number of benzene rings is 1. The third kappa shape index (κ3) is 5.79. The summed E-state index contributed by atoms with van der Waals surface area (Å²) in [5.74, 6) is -0.298. The molecule has 1 aliphatic rings. The summed E-state index contributed by atoms with van der Waals surface area (Å²) < 4.78 is 1.89. The number of carbonyl (C=O) groups is 2. The molecule has 1 aromatic carbocycles. The normalized spacial score (nSPS) is 13.7. The maximum Gasteiger partial charge on any atom is 0.273 e. The molecule has 3 aromatic heterocycles. The van der Waals surface area contributed by atoms with E-state index in [1.807, 2.05) is 18.5 Å². The predicted molar refractivity (Wildman–Crippen MR) is 149 cm³/mol. The van der Waals surface area contributed by atoms with E-state index in [0.717, 1.165) is 37.4 Å². The molecule has 0 aliphatic carbocycles. The highest BCUT2D eigenvalue weighted by Gasteiger charge is 2.22. The van der Waals surface area contributed by atoms with Crippen LogP contribution in [-0.4, -0.2) is 84.8 Å². The molecule has 0 spiro atoms. The molecule has 0 saturated carbocycles. The number of aromatic amines is 1. The standard InChI is InChI=1S/C27H32ClN9O2/c1-4-37-17(2)18(15-30-37)16-35(3)27(39)24-20-13-19(28)7-8-21(20)31-25(32-24)22-14-23(34-33-22)26(38)29-9-12-36-10-5-6-11-36/h7-8,13-15H,4-6,9-12,16H2,1-3H3,(H,29,38)(H,33,34). The summed E-state index contributed by atoms with van der Waals surface area (Å²) in [4.78, 5) is 39.5. The van der Waals surface area contributed by atoms with Gasteiger partial charge in [0.05, 0.1) is 11.7 Å². The molecule has 0 unspecified atom stereocenters. The lowest BCUT2D eigenvalue weighted by Gasteiger charge is -2.18. The summed E-state index contributed by atoms with van der Waals surface area (Å²) in [6.07, 6.45) is 4.20. The van der Waals surface area contributed by atoms with Crippen LogP contribution in [0.3, 0.4) is 0 Å². The smallest absolute Gasteiger partial charge is 0.273 e. The highest BCUT2D eigenvalue weighted by Crippen LogP contribution is 2.25. The fourth-order valence-corrected chi connectivity index (χ4v) is 5.00. The van der Waals surface area contributed by atoms with Gasteiger partial charge in [-0.05, 0) is 58.0 Å². The lowest BCUT2D eigenvalue weighted by atomic mass is 10.1. The Bertz CT molecular complexity index is 1510. The first-order valence-electron chi connectivity index (χ1n) is 13.1. The Morgan fingerprint density at radius 1 is 1.18 bits per heavy atom. The van der Waals surface area contributed by atoms with Gasteiger partial charge in [0, 0.05) is 61.0 Å². The van der Waals surface area contributed by atoms with Crippen molar-refractivity contribution in [2.24, 2.45) is 0 Å². The number of nitrogens with one attached hydrogen (secondary N) is 2. The molecule has 0 radical (unpaired) electrons. The van der Waals surface area contributed by atoms with Gasteiger partial charge < -0.3 is 15.1 Å². The first kappa shape index (κ1) is 26.8. The van der Waals surface area contributed by atoms with E-state index in [1.165, 1.54) is 12.8 Å². The van der Waals surface area contributed by atoms with Gasteiger partial charge in [0.1, 0.15) is 17.1 Å². The van der Waals surface area contributed by atoms with Crippen molar-refractivity contribution in [2.45, 2.75) is 39.8 Å². The molecule has 0 atom stereocenters. The zero-order valence-corrected chi connectivity index (χ0v) is 23.1. The Labute approximate surface area is 231 Å². The zero-order chi connectivity index (χ0) is 27.5. The van der Waals surface area contributed by atoms with E-state index in [-0.39, 0.29) is 23.3 Å². The van der Waals surface area contributed by atoms with Crippen LogP contribution in [0.4, 0.5) is 0 Å². The van der Waals surface area contributed by atoms with Crippen molar-refractivity contribution in [1.29, 1.82) is 0 Å². The second kappa shape index (κ2) is 11.5. The van der Waals surface area contributed by atoms with E-state index in [4.69, 9.17) is 11.6 Å². The number of fused-ring (bicyclic) bond motifs is 1. The monoisotopic (exact) mass is 549 g/mol. The van der Waals surface area contributed by atoms with E-state index >= 15 is 0 Å². The van der Waals surface area contributed by atoms with Crippen molar-refractivity contribution in [1.82, 2.24) is 45.1 Å². The molecule has 4 aromatic rings. The summed E-state index contributed by atoms with van der Waals surface area (Å²) >= 11 is 6.27. The van der Waals surface area contributed by atoms with Crippen LogP contribution >= 0.6 is 11.6 Å². The van der Waals surface area contributed by atoms with Crippen molar-refractivity contribution in [2.75, 3.05) is 33.2 Å². The van der Waals surface area contributed by atoms with Gasteiger partial charge >= 0.3 is 0 Å². The summed E-state index contributed by atoms with van der Waals surface area (Å²) in [5.41, 5.74) is 3.40. The van der Waals surface area contributed by atoms with Crippen LogP contribution in [0.5, 0.6) is 0 Å². The number of likely N-dealkylation sites (tertiary alicyclic amines) is 1. The number of halogens is 1. The Kier molecular flexibility index (Phi) is 7.89. The second-order valence-electron chi connectivity index (χ2n) is 9.76. The molecule has 5 rings (SSSR count). The third-order valence-electron chi connectivity index (χ3n) is 7.08. The molecular weight excluding hydrogens is 518 g/mol. The number of carbonyl (C=O) groups excluding carboxylic acids is 2. The largest absolute Gasteiger partial charge is 0.349 e. The average Bonchev–Trinajstić information content (AvgIpc) is 3.70. The van der Waals surface area contributed by atoms with Crippen molar-refractivity contribution in [3.63, 3.8) is 0 Å². The number of rotatable bonds is 9. The molecule has 2 N–H and O–H groups in total.